The van der Waals surface area contributed by atoms with Crippen LogP contribution in [0.2, 0.25) is 0 Å². The Labute approximate surface area is 240 Å². The van der Waals surface area contributed by atoms with Gasteiger partial charge in [-0.05, 0) is 33.4 Å². The molecule has 5 aromatic rings. The van der Waals surface area contributed by atoms with Crippen molar-refractivity contribution >= 4 is 22.8 Å². The van der Waals surface area contributed by atoms with E-state index in [0.29, 0.717) is 11.1 Å². The first-order chi connectivity index (χ1) is 20.2. The van der Waals surface area contributed by atoms with Gasteiger partial charge >= 0.3 is 0 Å². The summed E-state index contributed by atoms with van der Waals surface area (Å²) < 4.78 is 0. The fraction of sp³-hybridized carbons (Fsp3) is 0.0526. The minimum absolute atomic E-state index is 0.126. The van der Waals surface area contributed by atoms with Crippen molar-refractivity contribution in [3.05, 3.63) is 191 Å². The van der Waals surface area contributed by atoms with E-state index in [9.17, 15) is 9.59 Å². The maximum Gasteiger partial charge on any atom is 0.235 e. The molecule has 1 amide bonds. The molecule has 0 aromatic heterocycles. The number of carbonyl (C=O) groups is 2. The van der Waals surface area contributed by atoms with Crippen LogP contribution in [0.1, 0.15) is 44.4 Å². The predicted octanol–water partition coefficient (Wildman–Crippen LogP) is 8.06. The Hall–Kier alpha value is -5.28. The SMILES string of the molecule is O=C(C1=CNC(=O)[C@@H](c2ccccc2)C(c2ccccc2)=C(c2ccccc2)[C@@H]1c1ccccc1)c1ccccc1. The molecule has 2 atom stereocenters. The molecule has 0 bridgehead atoms. The normalized spacial score (nSPS) is 17.2. The van der Waals surface area contributed by atoms with Crippen molar-refractivity contribution in [2.75, 3.05) is 0 Å². The standard InChI is InChI=1S/C38H29NO2/c40-37(31-24-14-5-15-25-31)32-26-39-38(41)36(30-22-12-4-13-23-30)35(29-20-10-3-11-21-29)34(28-18-8-2-9-19-28)33(32)27-16-6-1-7-17-27/h1-26,33,36H,(H,39,41)/t33-,36+/m1/s1. The molecule has 1 aliphatic heterocycles. The van der Waals surface area contributed by atoms with Gasteiger partial charge in [-0.1, -0.05) is 152 Å². The number of hydrogen-bond acceptors (Lipinski definition) is 2. The zero-order chi connectivity index (χ0) is 28.0. The summed E-state index contributed by atoms with van der Waals surface area (Å²) in [6.07, 6.45) is 1.63. The molecule has 1 N–H and O–H groups in total. The van der Waals surface area contributed by atoms with E-state index in [4.69, 9.17) is 0 Å². The molecule has 5 aromatic carbocycles. The fourth-order valence-electron chi connectivity index (χ4n) is 5.70. The third-order valence-electron chi connectivity index (χ3n) is 7.54. The van der Waals surface area contributed by atoms with E-state index in [1.54, 1.807) is 6.20 Å². The molecule has 0 saturated heterocycles. The van der Waals surface area contributed by atoms with E-state index in [2.05, 4.69) is 29.6 Å². The zero-order valence-electron chi connectivity index (χ0n) is 22.5. The van der Waals surface area contributed by atoms with Crippen LogP contribution in [-0.4, -0.2) is 11.7 Å². The van der Waals surface area contributed by atoms with Gasteiger partial charge in [-0.2, -0.15) is 0 Å². The Morgan fingerprint density at radius 2 is 0.878 bits per heavy atom. The van der Waals surface area contributed by atoms with Crippen LogP contribution >= 0.6 is 0 Å². The predicted molar refractivity (Wildman–Crippen MR) is 165 cm³/mol. The minimum atomic E-state index is -0.607. The van der Waals surface area contributed by atoms with Crippen molar-refractivity contribution in [3.63, 3.8) is 0 Å². The molecule has 1 aliphatic rings. The molecule has 0 spiro atoms. The summed E-state index contributed by atoms with van der Waals surface area (Å²) in [5.41, 5.74) is 6.64. The van der Waals surface area contributed by atoms with Gasteiger partial charge in [0.25, 0.3) is 0 Å². The number of Topliss-reactive ketones (excluding diaryl/α,β-unsaturated/α-hetero) is 1. The van der Waals surface area contributed by atoms with Gasteiger partial charge < -0.3 is 5.32 Å². The molecule has 0 unspecified atom stereocenters. The number of benzene rings is 5. The second kappa shape index (κ2) is 11.8. The van der Waals surface area contributed by atoms with Gasteiger partial charge in [0.05, 0.1) is 5.92 Å². The molecule has 41 heavy (non-hydrogen) atoms. The van der Waals surface area contributed by atoms with E-state index >= 15 is 0 Å². The number of ketones is 1. The number of rotatable bonds is 6. The van der Waals surface area contributed by atoms with Gasteiger partial charge in [-0.3, -0.25) is 9.59 Å². The Morgan fingerprint density at radius 3 is 1.37 bits per heavy atom. The summed E-state index contributed by atoms with van der Waals surface area (Å²) >= 11 is 0. The minimum Gasteiger partial charge on any atom is -0.331 e. The lowest BCUT2D eigenvalue weighted by Crippen LogP contribution is -2.31. The van der Waals surface area contributed by atoms with Crippen molar-refractivity contribution in [2.45, 2.75) is 11.8 Å². The van der Waals surface area contributed by atoms with E-state index in [1.807, 2.05) is 127 Å². The van der Waals surface area contributed by atoms with Crippen molar-refractivity contribution in [2.24, 2.45) is 0 Å². The number of amides is 1. The molecule has 0 aliphatic carbocycles. The maximum atomic E-state index is 14.3. The highest BCUT2D eigenvalue weighted by molar-refractivity contribution is 6.15. The summed E-state index contributed by atoms with van der Waals surface area (Å²) in [5.74, 6) is -1.37. The van der Waals surface area contributed by atoms with E-state index in [-0.39, 0.29) is 11.7 Å². The number of hydrogen-bond donors (Lipinski definition) is 1. The molecule has 3 heteroatoms. The van der Waals surface area contributed by atoms with Crippen molar-refractivity contribution in [3.8, 4) is 0 Å². The molecular formula is C38H29NO2. The molecule has 1 heterocycles. The highest BCUT2D eigenvalue weighted by Gasteiger charge is 2.37. The lowest BCUT2D eigenvalue weighted by Gasteiger charge is -2.33. The first kappa shape index (κ1) is 26.0. The van der Waals surface area contributed by atoms with Crippen LogP contribution in [0.5, 0.6) is 0 Å². The average Bonchev–Trinajstić information content (AvgIpc) is 3.04. The van der Waals surface area contributed by atoms with Crippen LogP contribution in [-0.2, 0) is 4.79 Å². The Balaban J connectivity index is 1.74. The highest BCUT2D eigenvalue weighted by Crippen LogP contribution is 2.48. The lowest BCUT2D eigenvalue weighted by molar-refractivity contribution is -0.120. The number of nitrogens with one attached hydrogen (secondary N) is 1. The van der Waals surface area contributed by atoms with Crippen LogP contribution in [0.15, 0.2) is 163 Å². The largest absolute Gasteiger partial charge is 0.331 e. The van der Waals surface area contributed by atoms with Crippen LogP contribution in [0.4, 0.5) is 0 Å². The third kappa shape index (κ3) is 5.30. The van der Waals surface area contributed by atoms with Crippen molar-refractivity contribution in [1.82, 2.24) is 5.32 Å². The van der Waals surface area contributed by atoms with Gasteiger partial charge in [-0.25, -0.2) is 0 Å². The Kier molecular flexibility index (Phi) is 7.51. The molecule has 0 radical (unpaired) electrons. The quantitative estimate of drug-likeness (QED) is 0.225. The smallest absolute Gasteiger partial charge is 0.235 e. The number of carbonyl (C=O) groups excluding carboxylic acids is 2. The summed E-state index contributed by atoms with van der Waals surface area (Å²) in [6, 6.07) is 49.4. The van der Waals surface area contributed by atoms with Crippen molar-refractivity contribution in [1.29, 1.82) is 0 Å². The maximum absolute atomic E-state index is 14.3. The van der Waals surface area contributed by atoms with Crippen LogP contribution in [0.3, 0.4) is 0 Å². The monoisotopic (exact) mass is 531 g/mol. The summed E-state index contributed by atoms with van der Waals surface area (Å²) in [7, 11) is 0. The van der Waals surface area contributed by atoms with Gasteiger partial charge in [0, 0.05) is 23.3 Å². The molecule has 3 nitrogen and oxygen atoms in total. The molecule has 6 rings (SSSR count). The van der Waals surface area contributed by atoms with Crippen LogP contribution < -0.4 is 5.32 Å². The van der Waals surface area contributed by atoms with Gasteiger partial charge in [0.1, 0.15) is 0 Å². The first-order valence-electron chi connectivity index (χ1n) is 13.8. The molecule has 0 fully saturated rings. The van der Waals surface area contributed by atoms with Gasteiger partial charge in [-0.15, -0.1) is 0 Å². The second-order valence-electron chi connectivity index (χ2n) is 10.1. The Morgan fingerprint density at radius 1 is 0.488 bits per heavy atom. The lowest BCUT2D eigenvalue weighted by atomic mass is 9.71. The second-order valence-corrected chi connectivity index (χ2v) is 10.1. The average molecular weight is 532 g/mol. The molecular weight excluding hydrogens is 502 g/mol. The van der Waals surface area contributed by atoms with Gasteiger partial charge in [0.2, 0.25) is 5.91 Å². The summed E-state index contributed by atoms with van der Waals surface area (Å²) in [4.78, 5) is 28.5. The van der Waals surface area contributed by atoms with E-state index in [1.165, 1.54) is 0 Å². The topological polar surface area (TPSA) is 46.2 Å². The highest BCUT2D eigenvalue weighted by atomic mass is 16.2. The first-order valence-corrected chi connectivity index (χ1v) is 13.8. The summed E-state index contributed by atoms with van der Waals surface area (Å²) in [5, 5.41) is 3.05. The molecule has 198 valence electrons. The van der Waals surface area contributed by atoms with E-state index in [0.717, 1.165) is 33.4 Å². The number of allylic oxidation sites excluding steroid dienone is 2. The van der Waals surface area contributed by atoms with Crippen LogP contribution in [0.25, 0.3) is 11.1 Å². The third-order valence-corrected chi connectivity index (χ3v) is 7.54. The molecule has 0 saturated carbocycles. The van der Waals surface area contributed by atoms with Crippen molar-refractivity contribution < 1.29 is 9.59 Å². The zero-order valence-corrected chi connectivity index (χ0v) is 22.5. The van der Waals surface area contributed by atoms with Crippen LogP contribution in [0, 0.1) is 0 Å². The Bertz CT molecular complexity index is 1710. The van der Waals surface area contributed by atoms with E-state index < -0.39 is 11.8 Å². The summed E-state index contributed by atoms with van der Waals surface area (Å²) in [6.45, 7) is 0. The van der Waals surface area contributed by atoms with Gasteiger partial charge in [0.15, 0.2) is 5.78 Å². The fourth-order valence-corrected chi connectivity index (χ4v) is 5.70.